The third-order valence-electron chi connectivity index (χ3n) is 4.71. The number of hydrogen-bond acceptors (Lipinski definition) is 5. The molecule has 148 valence electrons. The number of imidazole rings is 1. The topological polar surface area (TPSA) is 81.8 Å². The first-order chi connectivity index (χ1) is 14.1. The Hall–Kier alpha value is -3.26. The van der Waals surface area contributed by atoms with E-state index in [1.807, 2.05) is 48.8 Å². The van der Waals surface area contributed by atoms with Crippen LogP contribution in [0.1, 0.15) is 12.2 Å². The average molecular weight is 407 g/mol. The number of aromatic nitrogens is 4. The molecule has 0 radical (unpaired) electrons. The lowest BCUT2D eigenvalue weighted by Crippen LogP contribution is -2.34. The van der Waals surface area contributed by atoms with Crippen molar-refractivity contribution in [2.24, 2.45) is 7.05 Å². The number of carbonyl (C=O) groups excluding carboxylic acids is 1. The van der Waals surface area contributed by atoms with Crippen molar-refractivity contribution < 1.29 is 4.79 Å². The molecule has 8 heteroatoms. The Morgan fingerprint density at radius 1 is 1.14 bits per heavy atom. The predicted molar refractivity (Wildman–Crippen MR) is 114 cm³/mol. The van der Waals surface area contributed by atoms with Crippen LogP contribution in [0.2, 0.25) is 0 Å². The number of thiophene rings is 1. The molecule has 4 rings (SSSR count). The van der Waals surface area contributed by atoms with Crippen LogP contribution in [0.15, 0.2) is 58.7 Å². The molecule has 0 saturated carbocycles. The maximum Gasteiger partial charge on any atom is 0.267 e. The lowest BCUT2D eigenvalue weighted by Gasteiger charge is -2.08. The molecule has 0 spiro atoms. The number of benzene rings is 1. The van der Waals surface area contributed by atoms with E-state index in [1.165, 1.54) is 10.7 Å². The molecule has 3 aromatic heterocycles. The maximum absolute atomic E-state index is 12.3. The van der Waals surface area contributed by atoms with Crippen molar-refractivity contribution in [2.45, 2.75) is 19.4 Å². The lowest BCUT2D eigenvalue weighted by molar-refractivity contribution is -0.121. The highest BCUT2D eigenvalue weighted by molar-refractivity contribution is 7.13. The zero-order valence-electron chi connectivity index (χ0n) is 16.0. The summed E-state index contributed by atoms with van der Waals surface area (Å²) in [4.78, 5) is 29.9. The second-order valence-electron chi connectivity index (χ2n) is 6.72. The minimum absolute atomic E-state index is 0.0929. The van der Waals surface area contributed by atoms with Gasteiger partial charge < -0.3 is 9.88 Å². The van der Waals surface area contributed by atoms with Crippen LogP contribution in [-0.4, -0.2) is 31.8 Å². The van der Waals surface area contributed by atoms with E-state index in [0.29, 0.717) is 12.2 Å². The summed E-state index contributed by atoms with van der Waals surface area (Å²) in [6.07, 6.45) is 1.53. The molecule has 0 aliphatic heterocycles. The van der Waals surface area contributed by atoms with E-state index >= 15 is 0 Å². The van der Waals surface area contributed by atoms with Crippen molar-refractivity contribution in [3.8, 4) is 10.6 Å². The van der Waals surface area contributed by atoms with Gasteiger partial charge in [-0.25, -0.2) is 9.67 Å². The van der Waals surface area contributed by atoms with E-state index in [1.54, 1.807) is 17.4 Å². The number of amides is 1. The van der Waals surface area contributed by atoms with Crippen LogP contribution in [0, 0.1) is 0 Å². The first-order valence-corrected chi connectivity index (χ1v) is 10.3. The third kappa shape index (κ3) is 4.27. The van der Waals surface area contributed by atoms with Crippen LogP contribution < -0.4 is 10.9 Å². The molecule has 0 aliphatic carbocycles. The highest BCUT2D eigenvalue weighted by Crippen LogP contribution is 2.21. The number of rotatable bonds is 7. The zero-order chi connectivity index (χ0) is 20.2. The predicted octanol–water partition coefficient (Wildman–Crippen LogP) is 2.61. The zero-order valence-corrected chi connectivity index (χ0v) is 16.9. The summed E-state index contributed by atoms with van der Waals surface area (Å²) in [5.41, 5.74) is 2.47. The van der Waals surface area contributed by atoms with Crippen molar-refractivity contribution in [1.82, 2.24) is 24.6 Å². The Bertz CT molecular complexity index is 1190. The van der Waals surface area contributed by atoms with E-state index in [-0.39, 0.29) is 18.0 Å². The Morgan fingerprint density at radius 3 is 2.79 bits per heavy atom. The standard InChI is InChI=1S/C21H21N5O2S/c1-25-17-7-3-2-6-15(17)23-19(25)9-4-12-22-20(27)14-26-21(28)11-10-16(24-26)18-8-5-13-29-18/h2-3,5-8,10-11,13H,4,9,12,14H2,1H3,(H,22,27). The molecule has 4 aromatic rings. The summed E-state index contributed by atoms with van der Waals surface area (Å²) in [5, 5.41) is 9.12. The van der Waals surface area contributed by atoms with Crippen molar-refractivity contribution >= 4 is 28.3 Å². The second-order valence-corrected chi connectivity index (χ2v) is 7.67. The Kier molecular flexibility index (Phi) is 5.53. The summed E-state index contributed by atoms with van der Waals surface area (Å²) in [6.45, 7) is 0.422. The number of aryl methyl sites for hydroxylation is 2. The fourth-order valence-corrected chi connectivity index (χ4v) is 3.89. The van der Waals surface area contributed by atoms with E-state index in [0.717, 1.165) is 34.6 Å². The molecular weight excluding hydrogens is 386 g/mol. The molecule has 0 atom stereocenters. The van der Waals surface area contributed by atoms with Crippen LogP contribution in [0.5, 0.6) is 0 Å². The summed E-state index contributed by atoms with van der Waals surface area (Å²) in [6, 6.07) is 15.0. The molecule has 1 aromatic carbocycles. The third-order valence-corrected chi connectivity index (χ3v) is 5.61. The van der Waals surface area contributed by atoms with Gasteiger partial charge in [0.25, 0.3) is 5.56 Å². The van der Waals surface area contributed by atoms with Gasteiger partial charge in [0, 0.05) is 26.1 Å². The fourth-order valence-electron chi connectivity index (χ4n) is 3.20. The summed E-state index contributed by atoms with van der Waals surface area (Å²) in [5.74, 6) is 0.759. The van der Waals surface area contributed by atoms with E-state index in [9.17, 15) is 9.59 Å². The number of nitrogens with one attached hydrogen (secondary N) is 1. The Balaban J connectivity index is 1.32. The van der Waals surface area contributed by atoms with Crippen LogP contribution in [0.4, 0.5) is 0 Å². The molecule has 7 nitrogen and oxygen atoms in total. The summed E-state index contributed by atoms with van der Waals surface area (Å²) in [7, 11) is 2.00. The molecule has 3 heterocycles. The highest BCUT2D eigenvalue weighted by Gasteiger charge is 2.10. The minimum atomic E-state index is -0.292. The van der Waals surface area contributed by atoms with E-state index in [2.05, 4.69) is 20.0 Å². The lowest BCUT2D eigenvalue weighted by atomic mass is 10.3. The number of carbonyl (C=O) groups is 1. The molecule has 1 amide bonds. The molecule has 0 saturated heterocycles. The van der Waals surface area contributed by atoms with Crippen LogP contribution in [0.3, 0.4) is 0 Å². The number of nitrogens with zero attached hydrogens (tertiary/aromatic N) is 4. The van der Waals surface area contributed by atoms with Crippen molar-refractivity contribution in [3.63, 3.8) is 0 Å². The van der Waals surface area contributed by atoms with Gasteiger partial charge in [-0.1, -0.05) is 18.2 Å². The molecule has 1 N–H and O–H groups in total. The van der Waals surface area contributed by atoms with Gasteiger partial charge in [0.15, 0.2) is 0 Å². The van der Waals surface area contributed by atoms with Gasteiger partial charge >= 0.3 is 0 Å². The molecule has 29 heavy (non-hydrogen) atoms. The highest BCUT2D eigenvalue weighted by atomic mass is 32.1. The maximum atomic E-state index is 12.3. The average Bonchev–Trinajstić information content (AvgIpc) is 3.36. The van der Waals surface area contributed by atoms with Gasteiger partial charge in [-0.05, 0) is 36.1 Å². The molecule has 0 aliphatic rings. The van der Waals surface area contributed by atoms with Gasteiger partial charge in [-0.2, -0.15) is 5.10 Å². The number of fused-ring (bicyclic) bond motifs is 1. The van der Waals surface area contributed by atoms with Gasteiger partial charge in [0.2, 0.25) is 5.91 Å². The molecular formula is C21H21N5O2S. The minimum Gasteiger partial charge on any atom is -0.354 e. The van der Waals surface area contributed by atoms with Crippen LogP contribution in [0.25, 0.3) is 21.6 Å². The number of hydrogen-bond donors (Lipinski definition) is 1. The van der Waals surface area contributed by atoms with E-state index in [4.69, 9.17) is 0 Å². The van der Waals surface area contributed by atoms with Gasteiger partial charge in [0.05, 0.1) is 15.9 Å². The van der Waals surface area contributed by atoms with E-state index < -0.39 is 0 Å². The monoisotopic (exact) mass is 407 g/mol. The van der Waals surface area contributed by atoms with Crippen LogP contribution >= 0.6 is 11.3 Å². The van der Waals surface area contributed by atoms with Crippen molar-refractivity contribution in [3.05, 3.63) is 70.1 Å². The first-order valence-electron chi connectivity index (χ1n) is 9.41. The smallest absolute Gasteiger partial charge is 0.267 e. The van der Waals surface area contributed by atoms with Crippen LogP contribution in [-0.2, 0) is 24.8 Å². The second kappa shape index (κ2) is 8.40. The summed E-state index contributed by atoms with van der Waals surface area (Å²) < 4.78 is 3.28. The Labute approximate surface area is 171 Å². The fraction of sp³-hybridized carbons (Fsp3) is 0.238. The summed E-state index contributed by atoms with van der Waals surface area (Å²) >= 11 is 1.54. The van der Waals surface area contributed by atoms with Crippen molar-refractivity contribution in [2.75, 3.05) is 6.54 Å². The van der Waals surface area contributed by atoms with Crippen molar-refractivity contribution in [1.29, 1.82) is 0 Å². The van der Waals surface area contributed by atoms with Gasteiger partial charge in [0.1, 0.15) is 18.1 Å². The Morgan fingerprint density at radius 2 is 2.00 bits per heavy atom. The van der Waals surface area contributed by atoms with Gasteiger partial charge in [-0.15, -0.1) is 11.3 Å². The normalized spacial score (nSPS) is 11.1. The molecule has 0 fully saturated rings. The molecule has 0 bridgehead atoms. The quantitative estimate of drug-likeness (QED) is 0.478. The first kappa shape index (κ1) is 19.1. The van der Waals surface area contributed by atoms with Gasteiger partial charge in [-0.3, -0.25) is 9.59 Å². The largest absolute Gasteiger partial charge is 0.354 e. The SMILES string of the molecule is Cn1c(CCCNC(=O)Cn2nc(-c3cccs3)ccc2=O)nc2ccccc21. The molecule has 0 unspecified atom stereocenters. The number of para-hydroxylation sites is 2.